The quantitative estimate of drug-likeness (QED) is 0.769. The highest BCUT2D eigenvalue weighted by Crippen LogP contribution is 2.43. The van der Waals surface area contributed by atoms with Crippen LogP contribution in [0.4, 0.5) is 5.69 Å². The number of rotatable bonds is 3. The van der Waals surface area contributed by atoms with Crippen LogP contribution in [0.5, 0.6) is 5.75 Å². The maximum Gasteiger partial charge on any atom is 0.155 e. The number of nitrogens with zero attached hydrogens (tertiary/aromatic N) is 1. The third-order valence-corrected chi connectivity index (χ3v) is 2.81. The monoisotopic (exact) mass is 205 g/mol. The van der Waals surface area contributed by atoms with E-state index in [1.165, 1.54) is 12.8 Å². The first-order valence-electron chi connectivity index (χ1n) is 5.13. The van der Waals surface area contributed by atoms with Gasteiger partial charge < -0.3 is 10.0 Å². The van der Waals surface area contributed by atoms with Crippen molar-refractivity contribution in [1.29, 1.82) is 0 Å². The molecule has 0 atom stereocenters. The van der Waals surface area contributed by atoms with Crippen LogP contribution in [0.2, 0.25) is 0 Å². The van der Waals surface area contributed by atoms with E-state index < -0.39 is 0 Å². The predicted octanol–water partition coefficient (Wildman–Crippen LogP) is 2.15. The number of hydrogen-bond acceptors (Lipinski definition) is 3. The molecule has 15 heavy (non-hydrogen) atoms. The zero-order valence-electron chi connectivity index (χ0n) is 9.03. The zero-order chi connectivity index (χ0) is 11.0. The van der Waals surface area contributed by atoms with Crippen molar-refractivity contribution in [3.63, 3.8) is 0 Å². The van der Waals surface area contributed by atoms with Gasteiger partial charge in [-0.3, -0.25) is 4.79 Å². The molecule has 1 aromatic rings. The third kappa shape index (κ3) is 1.82. The van der Waals surface area contributed by atoms with Crippen molar-refractivity contribution in [2.45, 2.75) is 18.8 Å². The molecule has 1 saturated carbocycles. The lowest BCUT2D eigenvalue weighted by Crippen LogP contribution is -2.11. The van der Waals surface area contributed by atoms with Gasteiger partial charge in [-0.25, -0.2) is 0 Å². The summed E-state index contributed by atoms with van der Waals surface area (Å²) in [6, 6.07) is 3.72. The number of aldehydes is 1. The average Bonchev–Trinajstić information content (AvgIpc) is 2.99. The van der Waals surface area contributed by atoms with E-state index in [2.05, 4.69) is 0 Å². The Labute approximate surface area is 89.3 Å². The SMILES string of the molecule is CN(C)c1cc(C2CC2)cc(O)c1C=O. The topological polar surface area (TPSA) is 40.5 Å². The molecule has 0 aliphatic heterocycles. The molecule has 1 aromatic carbocycles. The van der Waals surface area contributed by atoms with Crippen LogP contribution in [0.1, 0.15) is 34.7 Å². The molecule has 0 radical (unpaired) electrons. The van der Waals surface area contributed by atoms with Crippen LogP contribution in [0.15, 0.2) is 12.1 Å². The summed E-state index contributed by atoms with van der Waals surface area (Å²) in [6.07, 6.45) is 3.08. The standard InChI is InChI=1S/C12H15NO2/c1-13(2)11-5-9(8-3-4-8)6-12(15)10(11)7-14/h5-8,15H,3-4H2,1-2H3. The van der Waals surface area contributed by atoms with Crippen molar-refractivity contribution >= 4 is 12.0 Å². The van der Waals surface area contributed by atoms with Gasteiger partial charge in [0.1, 0.15) is 5.75 Å². The number of carbonyl (C=O) groups excluding carboxylic acids is 1. The molecule has 80 valence electrons. The van der Waals surface area contributed by atoms with Gasteiger partial charge in [0.2, 0.25) is 0 Å². The number of hydrogen-bond donors (Lipinski definition) is 1. The Morgan fingerprint density at radius 1 is 1.40 bits per heavy atom. The zero-order valence-corrected chi connectivity index (χ0v) is 9.03. The molecule has 0 heterocycles. The normalized spacial score (nSPS) is 15.1. The molecule has 1 N–H and O–H groups in total. The van der Waals surface area contributed by atoms with E-state index in [9.17, 15) is 9.90 Å². The van der Waals surface area contributed by atoms with Gasteiger partial charge in [-0.2, -0.15) is 0 Å². The molecule has 0 bridgehead atoms. The predicted molar refractivity (Wildman–Crippen MR) is 59.8 cm³/mol. The van der Waals surface area contributed by atoms with Crippen LogP contribution in [0.25, 0.3) is 0 Å². The molecule has 3 nitrogen and oxygen atoms in total. The maximum absolute atomic E-state index is 10.9. The summed E-state index contributed by atoms with van der Waals surface area (Å²) in [5.41, 5.74) is 2.32. The molecule has 1 aliphatic carbocycles. The van der Waals surface area contributed by atoms with Crippen molar-refractivity contribution in [2.75, 3.05) is 19.0 Å². The van der Waals surface area contributed by atoms with Crippen LogP contribution >= 0.6 is 0 Å². The van der Waals surface area contributed by atoms with Crippen molar-refractivity contribution in [1.82, 2.24) is 0 Å². The van der Waals surface area contributed by atoms with E-state index in [1.807, 2.05) is 25.1 Å². The Kier molecular flexibility index (Phi) is 2.39. The molecule has 0 saturated heterocycles. The van der Waals surface area contributed by atoms with Gasteiger partial charge in [0.15, 0.2) is 6.29 Å². The molecule has 0 unspecified atom stereocenters. The maximum atomic E-state index is 10.9. The molecular formula is C12H15NO2. The largest absolute Gasteiger partial charge is 0.507 e. The van der Waals surface area contributed by atoms with E-state index in [-0.39, 0.29) is 5.75 Å². The van der Waals surface area contributed by atoms with E-state index in [4.69, 9.17) is 0 Å². The van der Waals surface area contributed by atoms with Crippen molar-refractivity contribution < 1.29 is 9.90 Å². The Bertz CT molecular complexity index is 395. The number of carbonyl (C=O) groups is 1. The summed E-state index contributed by atoms with van der Waals surface area (Å²) < 4.78 is 0. The molecule has 1 fully saturated rings. The highest BCUT2D eigenvalue weighted by molar-refractivity contribution is 5.88. The molecule has 3 heteroatoms. The molecule has 2 rings (SSSR count). The first-order chi connectivity index (χ1) is 7.13. The van der Waals surface area contributed by atoms with Crippen LogP contribution in [0.3, 0.4) is 0 Å². The number of aromatic hydroxyl groups is 1. The molecular weight excluding hydrogens is 190 g/mol. The Balaban J connectivity index is 2.51. The fourth-order valence-corrected chi connectivity index (χ4v) is 1.79. The van der Waals surface area contributed by atoms with E-state index >= 15 is 0 Å². The van der Waals surface area contributed by atoms with Crippen molar-refractivity contribution in [3.05, 3.63) is 23.3 Å². The lowest BCUT2D eigenvalue weighted by molar-refractivity contribution is 0.112. The Morgan fingerprint density at radius 3 is 2.53 bits per heavy atom. The molecule has 0 spiro atoms. The first-order valence-corrected chi connectivity index (χ1v) is 5.13. The summed E-state index contributed by atoms with van der Waals surface area (Å²) >= 11 is 0. The van der Waals surface area contributed by atoms with Gasteiger partial charge in [0.25, 0.3) is 0 Å². The van der Waals surface area contributed by atoms with Gasteiger partial charge in [-0.15, -0.1) is 0 Å². The van der Waals surface area contributed by atoms with Crippen molar-refractivity contribution in [2.24, 2.45) is 0 Å². The van der Waals surface area contributed by atoms with Crippen LogP contribution in [-0.4, -0.2) is 25.5 Å². The second kappa shape index (κ2) is 3.57. The highest BCUT2D eigenvalue weighted by atomic mass is 16.3. The number of phenolic OH excluding ortho intramolecular Hbond substituents is 1. The molecule has 1 aliphatic rings. The van der Waals surface area contributed by atoms with E-state index in [1.54, 1.807) is 6.07 Å². The molecule has 0 amide bonds. The fourth-order valence-electron chi connectivity index (χ4n) is 1.79. The van der Waals surface area contributed by atoms with Crippen LogP contribution in [0, 0.1) is 0 Å². The number of anilines is 1. The highest BCUT2D eigenvalue weighted by Gasteiger charge is 2.25. The first kappa shape index (κ1) is 10.0. The summed E-state index contributed by atoms with van der Waals surface area (Å²) in [4.78, 5) is 12.7. The summed E-state index contributed by atoms with van der Waals surface area (Å²) in [5, 5.41) is 9.74. The minimum absolute atomic E-state index is 0.0955. The minimum atomic E-state index is 0.0955. The fraction of sp³-hybridized carbons (Fsp3) is 0.417. The van der Waals surface area contributed by atoms with Crippen LogP contribution in [-0.2, 0) is 0 Å². The van der Waals surface area contributed by atoms with Gasteiger partial charge in [-0.05, 0) is 36.5 Å². The summed E-state index contributed by atoms with van der Waals surface area (Å²) in [7, 11) is 3.75. The van der Waals surface area contributed by atoms with E-state index in [0.717, 1.165) is 11.3 Å². The summed E-state index contributed by atoms with van der Waals surface area (Å²) in [6.45, 7) is 0. The Morgan fingerprint density at radius 2 is 2.07 bits per heavy atom. The van der Waals surface area contributed by atoms with E-state index in [0.29, 0.717) is 17.8 Å². The smallest absolute Gasteiger partial charge is 0.155 e. The average molecular weight is 205 g/mol. The van der Waals surface area contributed by atoms with Crippen LogP contribution < -0.4 is 4.90 Å². The lowest BCUT2D eigenvalue weighted by atomic mass is 10.0. The van der Waals surface area contributed by atoms with Gasteiger partial charge in [-0.1, -0.05) is 0 Å². The second-order valence-electron chi connectivity index (χ2n) is 4.26. The van der Waals surface area contributed by atoms with Gasteiger partial charge in [0.05, 0.1) is 11.3 Å². The number of benzene rings is 1. The number of phenols is 1. The third-order valence-electron chi connectivity index (χ3n) is 2.81. The van der Waals surface area contributed by atoms with Gasteiger partial charge in [0, 0.05) is 14.1 Å². The minimum Gasteiger partial charge on any atom is -0.507 e. The second-order valence-corrected chi connectivity index (χ2v) is 4.26. The van der Waals surface area contributed by atoms with Gasteiger partial charge >= 0.3 is 0 Å². The molecule has 0 aromatic heterocycles. The van der Waals surface area contributed by atoms with Crippen molar-refractivity contribution in [3.8, 4) is 5.75 Å². The Hall–Kier alpha value is -1.51. The lowest BCUT2D eigenvalue weighted by Gasteiger charge is -2.17. The summed E-state index contributed by atoms with van der Waals surface area (Å²) in [5.74, 6) is 0.674.